The van der Waals surface area contributed by atoms with Gasteiger partial charge in [-0.3, -0.25) is 14.2 Å². The van der Waals surface area contributed by atoms with E-state index in [0.717, 1.165) is 4.68 Å². The van der Waals surface area contributed by atoms with Gasteiger partial charge in [0.2, 0.25) is 11.7 Å². The van der Waals surface area contributed by atoms with Gasteiger partial charge in [0.25, 0.3) is 5.91 Å². The fourth-order valence-electron chi connectivity index (χ4n) is 3.22. The molecule has 4 rings (SSSR count). The SMILES string of the molecule is O=C(Cn1nc2n(c1=O)CCN(Cc1ccccc1F)C2=O)Nc1ccc(F)cc1. The molecule has 2 amide bonds. The lowest BCUT2D eigenvalue weighted by Crippen LogP contribution is -2.42. The predicted octanol–water partition coefficient (Wildman–Crippen LogP) is 1.62. The first-order chi connectivity index (χ1) is 14.4. The number of nitrogens with one attached hydrogen (secondary N) is 1. The Hall–Kier alpha value is -3.82. The Morgan fingerprint density at radius 3 is 2.50 bits per heavy atom. The van der Waals surface area contributed by atoms with E-state index in [2.05, 4.69) is 10.4 Å². The topological polar surface area (TPSA) is 89.2 Å². The van der Waals surface area contributed by atoms with Crippen molar-refractivity contribution in [2.75, 3.05) is 11.9 Å². The van der Waals surface area contributed by atoms with E-state index in [9.17, 15) is 23.2 Å². The van der Waals surface area contributed by atoms with E-state index in [-0.39, 0.29) is 25.5 Å². The number of aromatic nitrogens is 3. The summed E-state index contributed by atoms with van der Waals surface area (Å²) in [6.07, 6.45) is 0. The maximum absolute atomic E-state index is 13.9. The highest BCUT2D eigenvalue weighted by Gasteiger charge is 2.30. The third kappa shape index (κ3) is 3.84. The number of nitrogens with zero attached hydrogens (tertiary/aromatic N) is 4. The zero-order chi connectivity index (χ0) is 21.3. The van der Waals surface area contributed by atoms with Crippen molar-refractivity contribution in [3.63, 3.8) is 0 Å². The summed E-state index contributed by atoms with van der Waals surface area (Å²) >= 11 is 0. The normalized spacial score (nSPS) is 13.3. The van der Waals surface area contributed by atoms with Crippen LogP contribution in [-0.2, 0) is 24.4 Å². The standard InChI is InChI=1S/C20H17F2N5O3/c21-14-5-7-15(8-6-14)23-17(28)12-27-20(30)26-10-9-25(19(29)18(26)24-27)11-13-3-1-2-4-16(13)22/h1-8H,9-12H2,(H,23,28). The number of rotatable bonds is 5. The molecule has 0 radical (unpaired) electrons. The minimum atomic E-state index is -0.585. The Kier molecular flexibility index (Phi) is 5.13. The first kappa shape index (κ1) is 19.5. The van der Waals surface area contributed by atoms with Gasteiger partial charge in [0.1, 0.15) is 18.2 Å². The van der Waals surface area contributed by atoms with Gasteiger partial charge in [-0.1, -0.05) is 18.2 Å². The number of halogens is 2. The average molecular weight is 413 g/mol. The number of benzene rings is 2. The van der Waals surface area contributed by atoms with Crippen molar-refractivity contribution >= 4 is 17.5 Å². The maximum atomic E-state index is 13.9. The summed E-state index contributed by atoms with van der Waals surface area (Å²) in [5, 5.41) is 6.54. The van der Waals surface area contributed by atoms with Crippen LogP contribution < -0.4 is 11.0 Å². The van der Waals surface area contributed by atoms with E-state index in [0.29, 0.717) is 11.3 Å². The highest BCUT2D eigenvalue weighted by Crippen LogP contribution is 2.15. The number of fused-ring (bicyclic) bond motifs is 1. The second-order valence-electron chi connectivity index (χ2n) is 6.79. The molecule has 3 aromatic rings. The molecule has 10 heteroatoms. The van der Waals surface area contributed by atoms with Crippen molar-refractivity contribution in [3.8, 4) is 0 Å². The number of hydrogen-bond acceptors (Lipinski definition) is 4. The van der Waals surface area contributed by atoms with Gasteiger partial charge in [-0.2, -0.15) is 0 Å². The van der Waals surface area contributed by atoms with Crippen molar-refractivity contribution in [1.29, 1.82) is 0 Å². The number of amides is 2. The Morgan fingerprint density at radius 1 is 1.03 bits per heavy atom. The zero-order valence-corrected chi connectivity index (χ0v) is 15.7. The fraction of sp³-hybridized carbons (Fsp3) is 0.200. The average Bonchev–Trinajstić information content (AvgIpc) is 3.04. The molecule has 2 heterocycles. The number of hydrogen-bond donors (Lipinski definition) is 1. The highest BCUT2D eigenvalue weighted by molar-refractivity contribution is 5.92. The van der Waals surface area contributed by atoms with Gasteiger partial charge in [-0.15, -0.1) is 5.10 Å². The van der Waals surface area contributed by atoms with Crippen molar-refractivity contribution in [1.82, 2.24) is 19.2 Å². The van der Waals surface area contributed by atoms with Crippen LogP contribution in [0, 0.1) is 11.6 Å². The lowest BCUT2D eigenvalue weighted by atomic mass is 10.2. The molecule has 0 spiro atoms. The molecule has 1 N–H and O–H groups in total. The lowest BCUT2D eigenvalue weighted by molar-refractivity contribution is -0.117. The first-order valence-corrected chi connectivity index (χ1v) is 9.18. The smallest absolute Gasteiger partial charge is 0.330 e. The summed E-state index contributed by atoms with van der Waals surface area (Å²) in [6, 6.07) is 11.3. The molecule has 0 saturated carbocycles. The van der Waals surface area contributed by atoms with Gasteiger partial charge in [0.05, 0.1) is 0 Å². The molecule has 1 aliphatic rings. The summed E-state index contributed by atoms with van der Waals surface area (Å²) in [6.45, 7) is 0.0515. The minimum Gasteiger partial charge on any atom is -0.330 e. The van der Waals surface area contributed by atoms with Gasteiger partial charge in [-0.05, 0) is 30.3 Å². The van der Waals surface area contributed by atoms with Crippen LogP contribution in [0.25, 0.3) is 0 Å². The molecule has 1 aromatic heterocycles. The van der Waals surface area contributed by atoms with Crippen LogP contribution >= 0.6 is 0 Å². The van der Waals surface area contributed by atoms with E-state index in [1.54, 1.807) is 18.2 Å². The zero-order valence-electron chi connectivity index (χ0n) is 15.7. The molecule has 30 heavy (non-hydrogen) atoms. The number of carbonyl (C=O) groups excluding carboxylic acids is 2. The quantitative estimate of drug-likeness (QED) is 0.689. The minimum absolute atomic E-state index is 0.0532. The molecule has 0 fully saturated rings. The van der Waals surface area contributed by atoms with Gasteiger partial charge < -0.3 is 10.2 Å². The predicted molar refractivity (Wildman–Crippen MR) is 103 cm³/mol. The Balaban J connectivity index is 1.49. The number of carbonyl (C=O) groups is 2. The van der Waals surface area contributed by atoms with Crippen LogP contribution in [0.1, 0.15) is 16.2 Å². The van der Waals surface area contributed by atoms with Gasteiger partial charge in [0.15, 0.2) is 0 Å². The molecule has 2 aromatic carbocycles. The molecule has 0 atom stereocenters. The molecule has 0 unspecified atom stereocenters. The molecular formula is C20H17F2N5O3. The molecule has 1 aliphatic heterocycles. The van der Waals surface area contributed by atoms with Crippen molar-refractivity contribution < 1.29 is 18.4 Å². The van der Waals surface area contributed by atoms with E-state index >= 15 is 0 Å². The van der Waals surface area contributed by atoms with Gasteiger partial charge in [-0.25, -0.2) is 18.3 Å². The third-order valence-corrected chi connectivity index (χ3v) is 4.74. The van der Waals surface area contributed by atoms with Crippen LogP contribution in [0.4, 0.5) is 14.5 Å². The number of anilines is 1. The summed E-state index contributed by atoms with van der Waals surface area (Å²) in [5.41, 5.74) is 0.142. The molecule has 154 valence electrons. The monoisotopic (exact) mass is 413 g/mol. The lowest BCUT2D eigenvalue weighted by Gasteiger charge is -2.26. The van der Waals surface area contributed by atoms with Crippen LogP contribution in [0.3, 0.4) is 0 Å². The van der Waals surface area contributed by atoms with Crippen LogP contribution in [0.15, 0.2) is 53.3 Å². The van der Waals surface area contributed by atoms with Crippen molar-refractivity contribution in [3.05, 3.63) is 82.0 Å². The van der Waals surface area contributed by atoms with Crippen molar-refractivity contribution in [2.45, 2.75) is 19.6 Å². The molecule has 8 nitrogen and oxygen atoms in total. The molecular weight excluding hydrogens is 396 g/mol. The summed E-state index contributed by atoms with van der Waals surface area (Å²) in [5.74, 6) is -2.02. The molecule has 0 saturated heterocycles. The maximum Gasteiger partial charge on any atom is 0.346 e. The first-order valence-electron chi connectivity index (χ1n) is 9.18. The van der Waals surface area contributed by atoms with Gasteiger partial charge in [0, 0.05) is 30.9 Å². The Bertz CT molecular complexity index is 1170. The Labute approximate surface area is 169 Å². The second-order valence-corrected chi connectivity index (χ2v) is 6.79. The van der Waals surface area contributed by atoms with E-state index in [1.165, 1.54) is 39.8 Å². The van der Waals surface area contributed by atoms with E-state index in [1.807, 2.05) is 0 Å². The fourth-order valence-corrected chi connectivity index (χ4v) is 3.22. The van der Waals surface area contributed by atoms with E-state index in [4.69, 9.17) is 0 Å². The Morgan fingerprint density at radius 2 is 1.77 bits per heavy atom. The highest BCUT2D eigenvalue weighted by atomic mass is 19.1. The largest absolute Gasteiger partial charge is 0.346 e. The van der Waals surface area contributed by atoms with Crippen LogP contribution in [-0.4, -0.2) is 37.6 Å². The summed E-state index contributed by atoms with van der Waals surface area (Å²) in [7, 11) is 0. The van der Waals surface area contributed by atoms with E-state index < -0.39 is 35.7 Å². The van der Waals surface area contributed by atoms with Crippen LogP contribution in [0.5, 0.6) is 0 Å². The molecule has 0 bridgehead atoms. The molecule has 0 aliphatic carbocycles. The summed E-state index contributed by atoms with van der Waals surface area (Å²) < 4.78 is 29.0. The van der Waals surface area contributed by atoms with Crippen LogP contribution in [0.2, 0.25) is 0 Å². The second kappa shape index (κ2) is 7.90. The van der Waals surface area contributed by atoms with Gasteiger partial charge >= 0.3 is 5.69 Å². The van der Waals surface area contributed by atoms with Crippen molar-refractivity contribution in [2.24, 2.45) is 0 Å². The summed E-state index contributed by atoms with van der Waals surface area (Å²) in [4.78, 5) is 38.9. The third-order valence-electron chi connectivity index (χ3n) is 4.74.